The zero-order chi connectivity index (χ0) is 14.7. The normalized spacial score (nSPS) is 23.1. The lowest BCUT2D eigenvalue weighted by Gasteiger charge is -2.38. The SMILES string of the molecule is COCCn1ncc(N2CCC(N)CC2C)c(Cl)c1=O. The lowest BCUT2D eigenvalue weighted by molar-refractivity contribution is 0.182. The van der Waals surface area contributed by atoms with E-state index in [0.29, 0.717) is 18.8 Å². The van der Waals surface area contributed by atoms with Crippen molar-refractivity contribution in [2.24, 2.45) is 5.73 Å². The topological polar surface area (TPSA) is 73.4 Å². The molecule has 0 radical (unpaired) electrons. The first-order chi connectivity index (χ1) is 9.54. The van der Waals surface area contributed by atoms with Crippen molar-refractivity contribution in [3.8, 4) is 0 Å². The van der Waals surface area contributed by atoms with Crippen LogP contribution in [0, 0.1) is 0 Å². The minimum absolute atomic E-state index is 0.218. The highest BCUT2D eigenvalue weighted by molar-refractivity contribution is 6.33. The Labute approximate surface area is 123 Å². The molecule has 2 unspecified atom stereocenters. The van der Waals surface area contributed by atoms with Gasteiger partial charge in [-0.05, 0) is 19.8 Å². The second-order valence-corrected chi connectivity index (χ2v) is 5.57. The van der Waals surface area contributed by atoms with Gasteiger partial charge in [-0.1, -0.05) is 11.6 Å². The number of hydrogen-bond acceptors (Lipinski definition) is 5. The van der Waals surface area contributed by atoms with Crippen LogP contribution >= 0.6 is 11.6 Å². The molecule has 2 rings (SSSR count). The van der Waals surface area contributed by atoms with Crippen LogP contribution in [0.25, 0.3) is 0 Å². The summed E-state index contributed by atoms with van der Waals surface area (Å²) in [6, 6.07) is 0.474. The quantitative estimate of drug-likeness (QED) is 0.893. The monoisotopic (exact) mass is 300 g/mol. The van der Waals surface area contributed by atoms with E-state index < -0.39 is 0 Å². The second-order valence-electron chi connectivity index (χ2n) is 5.19. The Hall–Kier alpha value is -1.11. The summed E-state index contributed by atoms with van der Waals surface area (Å²) >= 11 is 6.23. The van der Waals surface area contributed by atoms with Crippen molar-refractivity contribution in [2.45, 2.75) is 38.4 Å². The van der Waals surface area contributed by atoms with E-state index in [-0.39, 0.29) is 22.7 Å². The Morgan fingerprint density at radius 1 is 1.60 bits per heavy atom. The summed E-state index contributed by atoms with van der Waals surface area (Å²) in [5, 5.41) is 4.39. The van der Waals surface area contributed by atoms with Crippen LogP contribution in [-0.2, 0) is 11.3 Å². The Kier molecular flexibility index (Phi) is 5.01. The van der Waals surface area contributed by atoms with Gasteiger partial charge in [0, 0.05) is 25.7 Å². The molecule has 1 fully saturated rings. The van der Waals surface area contributed by atoms with Gasteiger partial charge in [-0.2, -0.15) is 5.10 Å². The Morgan fingerprint density at radius 2 is 2.35 bits per heavy atom. The number of hydrogen-bond donors (Lipinski definition) is 1. The van der Waals surface area contributed by atoms with Crippen LogP contribution < -0.4 is 16.2 Å². The summed E-state index contributed by atoms with van der Waals surface area (Å²) < 4.78 is 6.28. The van der Waals surface area contributed by atoms with Crippen molar-refractivity contribution < 1.29 is 4.74 Å². The van der Waals surface area contributed by atoms with Crippen molar-refractivity contribution in [1.29, 1.82) is 0 Å². The largest absolute Gasteiger partial charge is 0.383 e. The van der Waals surface area contributed by atoms with E-state index in [9.17, 15) is 4.79 Å². The van der Waals surface area contributed by atoms with E-state index in [1.165, 1.54) is 4.68 Å². The molecule has 2 N–H and O–H groups in total. The summed E-state index contributed by atoms with van der Waals surface area (Å²) in [6.07, 6.45) is 3.45. The maximum absolute atomic E-state index is 12.2. The molecule has 112 valence electrons. The van der Waals surface area contributed by atoms with Crippen molar-refractivity contribution in [1.82, 2.24) is 9.78 Å². The van der Waals surface area contributed by atoms with Gasteiger partial charge >= 0.3 is 0 Å². The fraction of sp³-hybridized carbons (Fsp3) is 0.692. The molecular weight excluding hydrogens is 280 g/mol. The van der Waals surface area contributed by atoms with Crippen molar-refractivity contribution >= 4 is 17.3 Å². The zero-order valence-electron chi connectivity index (χ0n) is 11.9. The van der Waals surface area contributed by atoms with Gasteiger partial charge in [0.05, 0.1) is 25.0 Å². The second kappa shape index (κ2) is 6.56. The van der Waals surface area contributed by atoms with Gasteiger partial charge in [0.15, 0.2) is 0 Å². The van der Waals surface area contributed by atoms with E-state index in [1.807, 2.05) is 0 Å². The molecule has 1 aliphatic heterocycles. The third-order valence-corrected chi connectivity index (χ3v) is 4.06. The van der Waals surface area contributed by atoms with Crippen LogP contribution in [0.5, 0.6) is 0 Å². The molecule has 1 aromatic heterocycles. The van der Waals surface area contributed by atoms with E-state index in [0.717, 1.165) is 19.4 Å². The summed E-state index contributed by atoms with van der Waals surface area (Å²) in [5.41, 5.74) is 6.38. The van der Waals surface area contributed by atoms with Crippen molar-refractivity contribution in [3.63, 3.8) is 0 Å². The summed E-state index contributed by atoms with van der Waals surface area (Å²) in [5.74, 6) is 0. The molecule has 7 heteroatoms. The predicted octanol–water partition coefficient (Wildman–Crippen LogP) is 0.859. The number of anilines is 1. The number of halogens is 1. The van der Waals surface area contributed by atoms with Gasteiger partial charge in [-0.3, -0.25) is 4.79 Å². The van der Waals surface area contributed by atoms with Crippen LogP contribution in [0.2, 0.25) is 5.02 Å². The number of ether oxygens (including phenoxy) is 1. The summed E-state index contributed by atoms with van der Waals surface area (Å²) in [7, 11) is 1.58. The molecule has 0 saturated carbocycles. The maximum Gasteiger partial charge on any atom is 0.287 e. The highest BCUT2D eigenvalue weighted by atomic mass is 35.5. The molecule has 0 aromatic carbocycles. The third kappa shape index (κ3) is 3.13. The standard InChI is InChI=1S/C13H21ClN4O2/c1-9-7-10(15)3-4-17(9)11-8-16-18(5-6-20-2)13(19)12(11)14/h8-10H,3-7,15H2,1-2H3. The molecule has 20 heavy (non-hydrogen) atoms. The van der Waals surface area contributed by atoms with E-state index in [1.54, 1.807) is 13.3 Å². The minimum Gasteiger partial charge on any atom is -0.383 e. The number of aromatic nitrogens is 2. The van der Waals surface area contributed by atoms with Gasteiger partial charge in [0.2, 0.25) is 0 Å². The van der Waals surface area contributed by atoms with Crippen LogP contribution in [-0.4, -0.2) is 42.1 Å². The molecule has 0 aliphatic carbocycles. The third-order valence-electron chi connectivity index (χ3n) is 3.70. The van der Waals surface area contributed by atoms with E-state index >= 15 is 0 Å². The number of methoxy groups -OCH3 is 1. The highest BCUT2D eigenvalue weighted by Crippen LogP contribution is 2.27. The first kappa shape index (κ1) is 15.3. The molecular formula is C13H21ClN4O2. The highest BCUT2D eigenvalue weighted by Gasteiger charge is 2.26. The van der Waals surface area contributed by atoms with Crippen LogP contribution in [0.3, 0.4) is 0 Å². The molecule has 0 spiro atoms. The fourth-order valence-electron chi connectivity index (χ4n) is 2.56. The average molecular weight is 301 g/mol. The first-order valence-electron chi connectivity index (χ1n) is 6.81. The van der Waals surface area contributed by atoms with E-state index in [2.05, 4.69) is 16.9 Å². The van der Waals surface area contributed by atoms with E-state index in [4.69, 9.17) is 22.1 Å². The molecule has 1 saturated heterocycles. The number of piperidine rings is 1. The zero-order valence-corrected chi connectivity index (χ0v) is 12.6. The number of rotatable bonds is 4. The first-order valence-corrected chi connectivity index (χ1v) is 7.19. The van der Waals surface area contributed by atoms with Gasteiger partial charge in [0.25, 0.3) is 5.56 Å². The molecule has 0 bridgehead atoms. The van der Waals surface area contributed by atoms with Crippen LogP contribution in [0.15, 0.2) is 11.0 Å². The number of nitrogens with zero attached hydrogens (tertiary/aromatic N) is 3. The Balaban J connectivity index is 2.25. The van der Waals surface area contributed by atoms with Crippen molar-refractivity contribution in [2.75, 3.05) is 25.2 Å². The molecule has 1 aliphatic rings. The van der Waals surface area contributed by atoms with Crippen LogP contribution in [0.4, 0.5) is 5.69 Å². The van der Waals surface area contributed by atoms with Gasteiger partial charge < -0.3 is 15.4 Å². The Morgan fingerprint density at radius 3 is 3.00 bits per heavy atom. The van der Waals surface area contributed by atoms with Gasteiger partial charge in [-0.15, -0.1) is 0 Å². The van der Waals surface area contributed by atoms with Gasteiger partial charge in [-0.25, -0.2) is 4.68 Å². The van der Waals surface area contributed by atoms with Crippen molar-refractivity contribution in [3.05, 3.63) is 21.6 Å². The maximum atomic E-state index is 12.2. The van der Waals surface area contributed by atoms with Crippen LogP contribution in [0.1, 0.15) is 19.8 Å². The molecule has 2 atom stereocenters. The average Bonchev–Trinajstić information content (AvgIpc) is 2.41. The Bertz CT molecular complexity index is 520. The molecule has 6 nitrogen and oxygen atoms in total. The molecule has 0 amide bonds. The lowest BCUT2D eigenvalue weighted by atomic mass is 9.99. The summed E-state index contributed by atoms with van der Waals surface area (Å²) in [6.45, 7) is 3.71. The van der Waals surface area contributed by atoms with Gasteiger partial charge in [0.1, 0.15) is 5.02 Å². The summed E-state index contributed by atoms with van der Waals surface area (Å²) in [4.78, 5) is 14.3. The predicted molar refractivity (Wildman–Crippen MR) is 79.4 cm³/mol. The molecule has 1 aromatic rings. The lowest BCUT2D eigenvalue weighted by Crippen LogP contribution is -2.46. The molecule has 2 heterocycles. The smallest absolute Gasteiger partial charge is 0.287 e. The number of nitrogens with two attached hydrogens (primary N) is 1. The minimum atomic E-state index is -0.275. The fourth-order valence-corrected chi connectivity index (χ4v) is 2.81.